The summed E-state index contributed by atoms with van der Waals surface area (Å²) in [5.41, 5.74) is 3.72. The fraction of sp³-hybridized carbons (Fsp3) is 0.474. The molecule has 0 saturated carbocycles. The Bertz CT molecular complexity index is 645. The van der Waals surface area contributed by atoms with Crippen molar-refractivity contribution < 1.29 is 24.7 Å². The number of hydrogen-bond donors (Lipinski definition) is 3. The van der Waals surface area contributed by atoms with Gasteiger partial charge < -0.3 is 9.94 Å². The summed E-state index contributed by atoms with van der Waals surface area (Å²) < 4.78 is 0. The highest BCUT2D eigenvalue weighted by Gasteiger charge is 2.35. The van der Waals surface area contributed by atoms with Gasteiger partial charge in [0.15, 0.2) is 0 Å². The zero-order chi connectivity index (χ0) is 19.1. The summed E-state index contributed by atoms with van der Waals surface area (Å²) in [5, 5.41) is 20.2. The first-order valence-electron chi connectivity index (χ1n) is 8.75. The van der Waals surface area contributed by atoms with Gasteiger partial charge in [-0.3, -0.25) is 10.0 Å². The minimum Gasteiger partial charge on any atom is -0.382 e. The van der Waals surface area contributed by atoms with Crippen LogP contribution in [-0.4, -0.2) is 46.4 Å². The van der Waals surface area contributed by atoms with Crippen molar-refractivity contribution in [3.05, 3.63) is 42.0 Å². The van der Waals surface area contributed by atoms with Crippen molar-refractivity contribution >= 4 is 17.4 Å². The lowest BCUT2D eigenvalue weighted by Gasteiger charge is -2.28. The Morgan fingerprint density at radius 3 is 2.50 bits per heavy atom. The third-order valence-corrected chi connectivity index (χ3v) is 4.32. The monoisotopic (exact) mass is 362 g/mol. The van der Waals surface area contributed by atoms with Gasteiger partial charge in [0.05, 0.1) is 12.5 Å². The third kappa shape index (κ3) is 5.39. The molecule has 7 nitrogen and oxygen atoms in total. The Morgan fingerprint density at radius 1 is 1.27 bits per heavy atom. The maximum absolute atomic E-state index is 12.5. The van der Waals surface area contributed by atoms with Gasteiger partial charge in [-0.2, -0.15) is 0 Å². The fourth-order valence-corrected chi connectivity index (χ4v) is 2.95. The number of hydroxylamine groups is 3. The van der Waals surface area contributed by atoms with Crippen LogP contribution in [0.1, 0.15) is 32.3 Å². The molecule has 0 fully saturated rings. The molecule has 26 heavy (non-hydrogen) atoms. The highest BCUT2D eigenvalue weighted by atomic mass is 16.7. The van der Waals surface area contributed by atoms with Crippen molar-refractivity contribution in [2.24, 2.45) is 11.8 Å². The van der Waals surface area contributed by atoms with Crippen LogP contribution >= 0.6 is 0 Å². The topological polar surface area (TPSA) is 99.1 Å². The number of carbonyl (C=O) groups is 2. The van der Waals surface area contributed by atoms with Gasteiger partial charge >= 0.3 is 5.97 Å². The van der Waals surface area contributed by atoms with Crippen LogP contribution in [0, 0.1) is 11.8 Å². The maximum Gasteiger partial charge on any atom is 0.331 e. The molecule has 0 bridgehead atoms. The molecule has 1 aromatic carbocycles. The summed E-state index contributed by atoms with van der Waals surface area (Å²) in [6.07, 6.45) is 1.34. The number of hydrogen-bond acceptors (Lipinski definition) is 6. The molecule has 3 N–H and O–H groups in total. The Hall–Kier alpha value is -2.22. The van der Waals surface area contributed by atoms with Crippen LogP contribution in [0.3, 0.4) is 0 Å². The number of nitrogens with zero attached hydrogens (tertiary/aromatic N) is 1. The first-order chi connectivity index (χ1) is 12.4. The second kappa shape index (κ2) is 9.47. The number of aliphatic hydroxyl groups excluding tert-OH is 1. The van der Waals surface area contributed by atoms with E-state index in [0.29, 0.717) is 13.1 Å². The molecule has 0 aromatic heterocycles. The highest BCUT2D eigenvalue weighted by Crippen LogP contribution is 2.24. The predicted octanol–water partition coefficient (Wildman–Crippen LogP) is 1.76. The molecule has 7 heteroatoms. The van der Waals surface area contributed by atoms with Gasteiger partial charge in [-0.25, -0.2) is 10.3 Å². The lowest BCUT2D eigenvalue weighted by atomic mass is 9.92. The van der Waals surface area contributed by atoms with Gasteiger partial charge in [-0.15, -0.1) is 5.06 Å². The van der Waals surface area contributed by atoms with E-state index in [1.54, 1.807) is 0 Å². The Kier molecular flexibility index (Phi) is 7.32. The molecule has 1 aliphatic heterocycles. The van der Waals surface area contributed by atoms with Gasteiger partial charge in [-0.05, 0) is 29.9 Å². The van der Waals surface area contributed by atoms with E-state index in [0.717, 1.165) is 12.0 Å². The van der Waals surface area contributed by atoms with E-state index in [9.17, 15) is 14.7 Å². The highest BCUT2D eigenvalue weighted by molar-refractivity contribution is 5.86. The van der Waals surface area contributed by atoms with E-state index >= 15 is 0 Å². The van der Waals surface area contributed by atoms with Crippen molar-refractivity contribution in [3.8, 4) is 0 Å². The minimum absolute atomic E-state index is 0.0691. The van der Waals surface area contributed by atoms with E-state index < -0.39 is 23.9 Å². The number of aliphatic hydroxyl groups is 1. The zero-order valence-corrected chi connectivity index (χ0v) is 15.1. The molecule has 0 spiro atoms. The molecule has 2 atom stereocenters. The average Bonchev–Trinajstić information content (AvgIpc) is 2.66. The Labute approximate surface area is 153 Å². The quantitative estimate of drug-likeness (QED) is 0.505. The normalized spacial score (nSPS) is 17.3. The second-order valence-corrected chi connectivity index (χ2v) is 6.80. The van der Waals surface area contributed by atoms with Gasteiger partial charge in [0.1, 0.15) is 6.10 Å². The number of carbonyl (C=O) groups excluding carboxylic acids is 2. The van der Waals surface area contributed by atoms with E-state index in [1.165, 1.54) is 16.1 Å². The lowest BCUT2D eigenvalue weighted by molar-refractivity contribution is -0.199. The molecule has 1 aromatic rings. The lowest BCUT2D eigenvalue weighted by Crippen LogP contribution is -2.44. The fourth-order valence-electron chi connectivity index (χ4n) is 2.95. The van der Waals surface area contributed by atoms with Gasteiger partial charge in [-0.1, -0.05) is 50.3 Å². The number of rotatable bonds is 7. The van der Waals surface area contributed by atoms with Gasteiger partial charge in [0, 0.05) is 6.54 Å². The van der Waals surface area contributed by atoms with Crippen LogP contribution in [0.4, 0.5) is 0 Å². The van der Waals surface area contributed by atoms with E-state index in [-0.39, 0.29) is 12.3 Å². The molecule has 1 aliphatic rings. The van der Waals surface area contributed by atoms with Crippen molar-refractivity contribution in [2.75, 3.05) is 13.1 Å². The SMILES string of the molecule is CC(C)C[C@H](C(=O)ON1CC=C(c2ccccc2)CC1)[C@@H](O)C(=O)NO. The third-order valence-electron chi connectivity index (χ3n) is 4.32. The number of benzene rings is 1. The Balaban J connectivity index is 1.99. The van der Waals surface area contributed by atoms with E-state index in [2.05, 4.69) is 0 Å². The van der Waals surface area contributed by atoms with Crippen LogP contribution in [0.25, 0.3) is 5.57 Å². The molecule has 0 aliphatic carbocycles. The van der Waals surface area contributed by atoms with Crippen LogP contribution in [0.15, 0.2) is 36.4 Å². The first-order valence-corrected chi connectivity index (χ1v) is 8.75. The minimum atomic E-state index is -1.66. The first kappa shape index (κ1) is 20.1. The van der Waals surface area contributed by atoms with Crippen LogP contribution in [0.2, 0.25) is 0 Å². The molecule has 0 radical (unpaired) electrons. The summed E-state index contributed by atoms with van der Waals surface area (Å²) in [5.74, 6) is -2.66. The molecule has 2 rings (SSSR count). The van der Waals surface area contributed by atoms with Crippen molar-refractivity contribution in [3.63, 3.8) is 0 Å². The summed E-state index contributed by atoms with van der Waals surface area (Å²) >= 11 is 0. The molecular formula is C19H26N2O5. The van der Waals surface area contributed by atoms with Crippen LogP contribution in [0.5, 0.6) is 0 Å². The molecule has 1 heterocycles. The summed E-state index contributed by atoms with van der Waals surface area (Å²) in [4.78, 5) is 29.3. The van der Waals surface area contributed by atoms with E-state index in [4.69, 9.17) is 10.0 Å². The average molecular weight is 362 g/mol. The smallest absolute Gasteiger partial charge is 0.331 e. The van der Waals surface area contributed by atoms with Gasteiger partial charge in [0.25, 0.3) is 5.91 Å². The standard InChI is InChI=1S/C19H26N2O5/c1-13(2)12-16(17(22)18(23)20-25)19(24)26-21-10-8-15(9-11-21)14-6-4-3-5-7-14/h3-8,13,16-17,22,25H,9-12H2,1-2H3,(H,20,23)/t16-,17+/m0/s1. The van der Waals surface area contributed by atoms with Crippen LogP contribution < -0.4 is 5.48 Å². The van der Waals surface area contributed by atoms with Crippen molar-refractivity contribution in [2.45, 2.75) is 32.8 Å². The number of amides is 1. The summed E-state index contributed by atoms with van der Waals surface area (Å²) in [6.45, 7) is 4.72. The molecule has 142 valence electrons. The zero-order valence-electron chi connectivity index (χ0n) is 15.1. The largest absolute Gasteiger partial charge is 0.382 e. The molecule has 1 amide bonds. The van der Waals surface area contributed by atoms with Crippen molar-refractivity contribution in [1.29, 1.82) is 0 Å². The Morgan fingerprint density at radius 2 is 1.96 bits per heavy atom. The second-order valence-electron chi connectivity index (χ2n) is 6.80. The van der Waals surface area contributed by atoms with Gasteiger partial charge in [0.2, 0.25) is 0 Å². The molecule has 0 saturated heterocycles. The summed E-state index contributed by atoms with van der Waals surface area (Å²) in [7, 11) is 0. The van der Waals surface area contributed by atoms with Crippen molar-refractivity contribution in [1.82, 2.24) is 10.5 Å². The predicted molar refractivity (Wildman–Crippen MR) is 95.6 cm³/mol. The van der Waals surface area contributed by atoms with E-state index in [1.807, 2.05) is 50.3 Å². The maximum atomic E-state index is 12.5. The summed E-state index contributed by atoms with van der Waals surface area (Å²) in [6, 6.07) is 10.00. The van der Waals surface area contributed by atoms with Crippen LogP contribution in [-0.2, 0) is 14.4 Å². The molecule has 0 unspecified atom stereocenters. The number of nitrogens with one attached hydrogen (secondary N) is 1. The molecular weight excluding hydrogens is 336 g/mol.